The van der Waals surface area contributed by atoms with Crippen LogP contribution >= 0.6 is 0 Å². The van der Waals surface area contributed by atoms with Crippen LogP contribution in [0.4, 0.5) is 4.79 Å². The summed E-state index contributed by atoms with van der Waals surface area (Å²) in [7, 11) is 0. The molecular formula is C22H22N4O3. The molecule has 2 aromatic carbocycles. The van der Waals surface area contributed by atoms with Crippen LogP contribution in [0.25, 0.3) is 0 Å². The highest BCUT2D eigenvalue weighted by Gasteiger charge is 2.53. The molecule has 0 bridgehead atoms. The van der Waals surface area contributed by atoms with E-state index in [-0.39, 0.29) is 18.3 Å². The minimum atomic E-state index is -1.29. The van der Waals surface area contributed by atoms with Crippen LogP contribution in [-0.4, -0.2) is 27.0 Å². The van der Waals surface area contributed by atoms with Gasteiger partial charge in [-0.15, -0.1) is 0 Å². The number of amides is 3. The van der Waals surface area contributed by atoms with E-state index in [0.717, 1.165) is 4.90 Å². The molecule has 0 atom stereocenters. The van der Waals surface area contributed by atoms with Gasteiger partial charge in [0.1, 0.15) is 6.54 Å². The highest BCUT2D eigenvalue weighted by atomic mass is 16.5. The van der Waals surface area contributed by atoms with Crippen molar-refractivity contribution < 1.29 is 14.1 Å². The van der Waals surface area contributed by atoms with Crippen molar-refractivity contribution in [3.05, 3.63) is 83.5 Å². The molecule has 1 fully saturated rings. The second-order valence-corrected chi connectivity index (χ2v) is 7.51. The van der Waals surface area contributed by atoms with E-state index in [2.05, 4.69) is 29.3 Å². The SMILES string of the molecule is CC(C)Cc1noc(CN2C(=O)NC(c3ccccc3)(c3ccccc3)C2=O)n1. The van der Waals surface area contributed by atoms with Gasteiger partial charge in [0.05, 0.1) is 0 Å². The predicted molar refractivity (Wildman–Crippen MR) is 106 cm³/mol. The van der Waals surface area contributed by atoms with Gasteiger partial charge in [-0.25, -0.2) is 4.79 Å². The molecule has 3 aromatic rings. The van der Waals surface area contributed by atoms with E-state index in [1.807, 2.05) is 60.7 Å². The van der Waals surface area contributed by atoms with E-state index in [0.29, 0.717) is 29.3 Å². The lowest BCUT2D eigenvalue weighted by Crippen LogP contribution is -2.45. The molecule has 0 aliphatic carbocycles. The number of carbonyl (C=O) groups is 2. The minimum Gasteiger partial charge on any atom is -0.337 e. The molecule has 3 amide bonds. The van der Waals surface area contributed by atoms with Gasteiger partial charge in [-0.2, -0.15) is 4.98 Å². The molecule has 7 heteroatoms. The van der Waals surface area contributed by atoms with Crippen molar-refractivity contribution in [3.8, 4) is 0 Å². The lowest BCUT2D eigenvalue weighted by Gasteiger charge is -2.27. The zero-order chi connectivity index (χ0) is 20.4. The quantitative estimate of drug-likeness (QED) is 0.653. The van der Waals surface area contributed by atoms with E-state index in [1.165, 1.54) is 0 Å². The summed E-state index contributed by atoms with van der Waals surface area (Å²) in [6.07, 6.45) is 0.668. The Labute approximate surface area is 168 Å². The number of nitrogens with zero attached hydrogens (tertiary/aromatic N) is 3. The Bertz CT molecular complexity index is 975. The summed E-state index contributed by atoms with van der Waals surface area (Å²) in [4.78, 5) is 31.9. The van der Waals surface area contributed by atoms with E-state index < -0.39 is 11.6 Å². The highest BCUT2D eigenvalue weighted by Crippen LogP contribution is 2.36. The molecule has 7 nitrogen and oxygen atoms in total. The maximum Gasteiger partial charge on any atom is 0.326 e. The molecule has 1 aromatic heterocycles. The van der Waals surface area contributed by atoms with Gasteiger partial charge in [0.15, 0.2) is 11.4 Å². The van der Waals surface area contributed by atoms with Crippen molar-refractivity contribution >= 4 is 11.9 Å². The van der Waals surface area contributed by atoms with Gasteiger partial charge in [-0.3, -0.25) is 9.69 Å². The Balaban J connectivity index is 1.70. The number of urea groups is 1. The number of imide groups is 1. The van der Waals surface area contributed by atoms with E-state index in [1.54, 1.807) is 0 Å². The zero-order valence-electron chi connectivity index (χ0n) is 16.3. The van der Waals surface area contributed by atoms with Crippen LogP contribution < -0.4 is 5.32 Å². The first-order valence-electron chi connectivity index (χ1n) is 9.57. The van der Waals surface area contributed by atoms with Crippen LogP contribution in [0.2, 0.25) is 0 Å². The topological polar surface area (TPSA) is 88.3 Å². The monoisotopic (exact) mass is 390 g/mol. The highest BCUT2D eigenvalue weighted by molar-refractivity contribution is 6.09. The lowest BCUT2D eigenvalue weighted by atomic mass is 9.82. The molecule has 0 saturated carbocycles. The molecule has 0 spiro atoms. The summed E-state index contributed by atoms with van der Waals surface area (Å²) in [5, 5.41) is 6.85. The third-order valence-electron chi connectivity index (χ3n) is 4.91. The zero-order valence-corrected chi connectivity index (χ0v) is 16.3. The number of nitrogens with one attached hydrogen (secondary N) is 1. The molecule has 0 unspecified atom stereocenters. The summed E-state index contributed by atoms with van der Waals surface area (Å²) in [6.45, 7) is 4.04. The maximum atomic E-state index is 13.6. The van der Waals surface area contributed by atoms with Crippen LogP contribution in [0.5, 0.6) is 0 Å². The van der Waals surface area contributed by atoms with Crippen LogP contribution in [0.15, 0.2) is 65.2 Å². The van der Waals surface area contributed by atoms with E-state index in [9.17, 15) is 9.59 Å². The number of rotatable bonds is 6. The molecule has 1 saturated heterocycles. The molecule has 4 rings (SSSR count). The number of benzene rings is 2. The molecular weight excluding hydrogens is 368 g/mol. The van der Waals surface area contributed by atoms with Gasteiger partial charge in [0.25, 0.3) is 5.91 Å². The molecule has 1 N–H and O–H groups in total. The van der Waals surface area contributed by atoms with Crippen LogP contribution in [0, 0.1) is 5.92 Å². The smallest absolute Gasteiger partial charge is 0.326 e. The third-order valence-corrected chi connectivity index (χ3v) is 4.91. The number of carbonyl (C=O) groups excluding carboxylic acids is 2. The summed E-state index contributed by atoms with van der Waals surface area (Å²) < 4.78 is 5.27. The van der Waals surface area contributed by atoms with Gasteiger partial charge in [0.2, 0.25) is 5.89 Å². The van der Waals surface area contributed by atoms with Crippen LogP contribution in [0.1, 0.15) is 36.7 Å². The molecule has 1 aliphatic heterocycles. The Morgan fingerprint density at radius 2 is 1.59 bits per heavy atom. The Morgan fingerprint density at radius 1 is 1.00 bits per heavy atom. The Hall–Kier alpha value is -3.48. The molecule has 0 radical (unpaired) electrons. The molecule has 29 heavy (non-hydrogen) atoms. The number of hydrogen-bond donors (Lipinski definition) is 1. The average Bonchev–Trinajstić information content (AvgIpc) is 3.26. The van der Waals surface area contributed by atoms with Crippen molar-refractivity contribution in [2.45, 2.75) is 32.4 Å². The summed E-state index contributed by atoms with van der Waals surface area (Å²) in [5.74, 6) is 0.810. The second kappa shape index (κ2) is 7.50. The molecule has 1 aliphatic rings. The normalized spacial score (nSPS) is 15.8. The standard InChI is InChI=1S/C22H22N4O3/c1-15(2)13-18-23-19(29-25-18)14-26-20(27)22(24-21(26)28,16-9-5-3-6-10-16)17-11-7-4-8-12-17/h3-12,15H,13-14H2,1-2H3,(H,24,28). The van der Waals surface area contributed by atoms with Crippen molar-refractivity contribution in [1.82, 2.24) is 20.4 Å². The van der Waals surface area contributed by atoms with Crippen molar-refractivity contribution in [1.29, 1.82) is 0 Å². The van der Waals surface area contributed by atoms with Crippen molar-refractivity contribution in [2.24, 2.45) is 5.92 Å². The molecule has 148 valence electrons. The largest absolute Gasteiger partial charge is 0.337 e. The number of hydrogen-bond acceptors (Lipinski definition) is 5. The Kier molecular flexibility index (Phi) is 4.88. The van der Waals surface area contributed by atoms with Gasteiger partial charge in [-0.1, -0.05) is 79.7 Å². The van der Waals surface area contributed by atoms with Gasteiger partial charge in [-0.05, 0) is 17.0 Å². The van der Waals surface area contributed by atoms with Gasteiger partial charge >= 0.3 is 6.03 Å². The van der Waals surface area contributed by atoms with Gasteiger partial charge < -0.3 is 9.84 Å². The summed E-state index contributed by atoms with van der Waals surface area (Å²) in [6, 6.07) is 18.0. The average molecular weight is 390 g/mol. The first-order chi connectivity index (χ1) is 14.0. The molecule has 2 heterocycles. The fourth-order valence-corrected chi connectivity index (χ4v) is 3.59. The summed E-state index contributed by atoms with van der Waals surface area (Å²) in [5.41, 5.74) is 0.0940. The third kappa shape index (κ3) is 3.40. The van der Waals surface area contributed by atoms with Gasteiger partial charge in [0, 0.05) is 6.42 Å². The summed E-state index contributed by atoms with van der Waals surface area (Å²) >= 11 is 0. The van der Waals surface area contributed by atoms with Crippen LogP contribution in [-0.2, 0) is 23.3 Å². The van der Waals surface area contributed by atoms with Crippen LogP contribution in [0.3, 0.4) is 0 Å². The van der Waals surface area contributed by atoms with E-state index >= 15 is 0 Å². The van der Waals surface area contributed by atoms with Crippen molar-refractivity contribution in [3.63, 3.8) is 0 Å². The fraction of sp³-hybridized carbons (Fsp3) is 0.273. The maximum absolute atomic E-state index is 13.6. The fourth-order valence-electron chi connectivity index (χ4n) is 3.59. The van der Waals surface area contributed by atoms with Crippen molar-refractivity contribution in [2.75, 3.05) is 0 Å². The minimum absolute atomic E-state index is 0.0722. The second-order valence-electron chi connectivity index (χ2n) is 7.51. The first kappa shape index (κ1) is 18.9. The predicted octanol–water partition coefficient (Wildman–Crippen LogP) is 3.26. The lowest BCUT2D eigenvalue weighted by molar-refractivity contribution is -0.130. The number of aromatic nitrogens is 2. The Morgan fingerprint density at radius 3 is 2.14 bits per heavy atom. The first-order valence-corrected chi connectivity index (χ1v) is 9.57. The van der Waals surface area contributed by atoms with E-state index in [4.69, 9.17) is 4.52 Å².